The number of halogens is 1. The minimum atomic E-state index is 0.767. The number of hydrogen-bond donors (Lipinski definition) is 0. The van der Waals surface area contributed by atoms with Crippen LogP contribution in [0.1, 0.15) is 11.3 Å². The van der Waals surface area contributed by atoms with Crippen molar-refractivity contribution < 1.29 is 4.74 Å². The zero-order chi connectivity index (χ0) is 16.9. The van der Waals surface area contributed by atoms with E-state index in [0.29, 0.717) is 0 Å². The molecule has 0 bridgehead atoms. The van der Waals surface area contributed by atoms with Crippen LogP contribution in [0.25, 0.3) is 10.6 Å². The number of hydrogen-bond acceptors (Lipinski definition) is 4. The lowest BCUT2D eigenvalue weighted by Crippen LogP contribution is -2.17. The van der Waals surface area contributed by atoms with E-state index in [1.165, 1.54) is 5.56 Å². The fourth-order valence-electron chi connectivity index (χ4n) is 2.50. The minimum absolute atomic E-state index is 0.767. The smallest absolute Gasteiger partial charge is 0.123 e. The van der Waals surface area contributed by atoms with Gasteiger partial charge in [0.05, 0.1) is 12.8 Å². The second kappa shape index (κ2) is 7.79. The summed E-state index contributed by atoms with van der Waals surface area (Å²) in [5, 5.41) is 3.90. The molecule has 2 aromatic carbocycles. The van der Waals surface area contributed by atoms with Crippen LogP contribution < -0.4 is 4.74 Å². The van der Waals surface area contributed by atoms with Crippen molar-refractivity contribution in [3.05, 3.63) is 70.2 Å². The Morgan fingerprint density at radius 2 is 1.92 bits per heavy atom. The molecule has 0 aliphatic rings. The van der Waals surface area contributed by atoms with Crippen molar-refractivity contribution in [1.82, 2.24) is 9.88 Å². The summed E-state index contributed by atoms with van der Waals surface area (Å²) in [6.07, 6.45) is 0. The Hall–Kier alpha value is -1.88. The van der Waals surface area contributed by atoms with Gasteiger partial charge in [-0.05, 0) is 36.9 Å². The predicted molar refractivity (Wildman–Crippen MR) is 101 cm³/mol. The number of ether oxygens (including phenoxy) is 1. The topological polar surface area (TPSA) is 25.4 Å². The van der Waals surface area contributed by atoms with E-state index >= 15 is 0 Å². The molecule has 0 radical (unpaired) electrons. The first-order chi connectivity index (χ1) is 11.6. The normalized spacial score (nSPS) is 11.0. The lowest BCUT2D eigenvalue weighted by atomic mass is 10.2. The number of rotatable bonds is 6. The van der Waals surface area contributed by atoms with Crippen LogP contribution in [-0.4, -0.2) is 24.0 Å². The van der Waals surface area contributed by atoms with Gasteiger partial charge in [0, 0.05) is 29.1 Å². The molecular weight excluding hydrogens is 340 g/mol. The number of benzene rings is 2. The van der Waals surface area contributed by atoms with Crippen LogP contribution in [0, 0.1) is 0 Å². The van der Waals surface area contributed by atoms with Crippen molar-refractivity contribution in [2.45, 2.75) is 13.1 Å². The van der Waals surface area contributed by atoms with Crippen LogP contribution in [0.15, 0.2) is 53.9 Å². The third-order valence-corrected chi connectivity index (χ3v) is 4.86. The molecule has 3 rings (SSSR count). The zero-order valence-electron chi connectivity index (χ0n) is 13.7. The first-order valence-corrected chi connectivity index (χ1v) is 8.91. The molecule has 3 nitrogen and oxygen atoms in total. The molecule has 124 valence electrons. The molecule has 0 atom stereocenters. The first kappa shape index (κ1) is 17.0. The maximum absolute atomic E-state index is 5.93. The Labute approximate surface area is 151 Å². The van der Waals surface area contributed by atoms with Crippen molar-refractivity contribution in [2.75, 3.05) is 14.2 Å². The van der Waals surface area contributed by atoms with Crippen LogP contribution in [0.5, 0.6) is 5.75 Å². The Morgan fingerprint density at radius 3 is 2.67 bits per heavy atom. The summed E-state index contributed by atoms with van der Waals surface area (Å²) in [6, 6.07) is 16.0. The van der Waals surface area contributed by atoms with Gasteiger partial charge in [0.15, 0.2) is 0 Å². The highest BCUT2D eigenvalue weighted by atomic mass is 35.5. The SMILES string of the molecule is COc1cccc(-c2nc(CN(C)Cc3ccc(Cl)cc3)cs2)c1. The van der Waals surface area contributed by atoms with Crippen molar-refractivity contribution in [2.24, 2.45) is 0 Å². The van der Waals surface area contributed by atoms with E-state index in [2.05, 4.69) is 35.5 Å². The van der Waals surface area contributed by atoms with Crippen LogP contribution in [-0.2, 0) is 13.1 Å². The van der Waals surface area contributed by atoms with Crippen LogP contribution in [0.2, 0.25) is 5.02 Å². The number of nitrogens with zero attached hydrogens (tertiary/aromatic N) is 2. The largest absolute Gasteiger partial charge is 0.497 e. The number of methoxy groups -OCH3 is 1. The molecule has 0 N–H and O–H groups in total. The number of thiazole rings is 1. The highest BCUT2D eigenvalue weighted by molar-refractivity contribution is 7.13. The van der Waals surface area contributed by atoms with Gasteiger partial charge in [0.1, 0.15) is 10.8 Å². The molecule has 0 amide bonds. The average molecular weight is 359 g/mol. The molecule has 0 saturated carbocycles. The zero-order valence-corrected chi connectivity index (χ0v) is 15.3. The van der Waals surface area contributed by atoms with Crippen molar-refractivity contribution in [1.29, 1.82) is 0 Å². The summed E-state index contributed by atoms with van der Waals surface area (Å²) in [5.74, 6) is 0.851. The summed E-state index contributed by atoms with van der Waals surface area (Å²) >= 11 is 7.59. The first-order valence-electron chi connectivity index (χ1n) is 7.66. The maximum atomic E-state index is 5.93. The van der Waals surface area contributed by atoms with Gasteiger partial charge in [0.25, 0.3) is 0 Å². The van der Waals surface area contributed by atoms with Crippen LogP contribution >= 0.6 is 22.9 Å². The van der Waals surface area contributed by atoms with E-state index in [0.717, 1.165) is 40.1 Å². The van der Waals surface area contributed by atoms with Gasteiger partial charge in [0.2, 0.25) is 0 Å². The molecular formula is C19H19ClN2OS. The number of aromatic nitrogens is 1. The van der Waals surface area contributed by atoms with E-state index in [1.807, 2.05) is 30.3 Å². The van der Waals surface area contributed by atoms with Gasteiger partial charge in [-0.15, -0.1) is 11.3 Å². The van der Waals surface area contributed by atoms with E-state index in [1.54, 1.807) is 18.4 Å². The third-order valence-electron chi connectivity index (χ3n) is 3.67. The second-order valence-electron chi connectivity index (χ2n) is 5.67. The quantitative estimate of drug-likeness (QED) is 0.612. The minimum Gasteiger partial charge on any atom is -0.497 e. The highest BCUT2D eigenvalue weighted by Crippen LogP contribution is 2.27. The Bertz CT molecular complexity index is 801. The molecule has 24 heavy (non-hydrogen) atoms. The summed E-state index contributed by atoms with van der Waals surface area (Å²) < 4.78 is 5.28. The predicted octanol–water partition coefficient (Wildman–Crippen LogP) is 5.10. The van der Waals surface area contributed by atoms with Gasteiger partial charge in [-0.1, -0.05) is 35.9 Å². The lowest BCUT2D eigenvalue weighted by Gasteiger charge is -2.15. The molecule has 5 heteroatoms. The molecule has 0 unspecified atom stereocenters. The second-order valence-corrected chi connectivity index (χ2v) is 6.97. The summed E-state index contributed by atoms with van der Waals surface area (Å²) in [4.78, 5) is 7.00. The maximum Gasteiger partial charge on any atom is 0.123 e. The van der Waals surface area contributed by atoms with Gasteiger partial charge in [-0.3, -0.25) is 4.90 Å². The van der Waals surface area contributed by atoms with E-state index in [9.17, 15) is 0 Å². The molecule has 3 aromatic rings. The van der Waals surface area contributed by atoms with Gasteiger partial charge >= 0.3 is 0 Å². The van der Waals surface area contributed by atoms with Crippen molar-refractivity contribution in [3.63, 3.8) is 0 Å². The molecule has 0 spiro atoms. The van der Waals surface area contributed by atoms with Crippen molar-refractivity contribution in [3.8, 4) is 16.3 Å². The van der Waals surface area contributed by atoms with Crippen LogP contribution in [0.4, 0.5) is 0 Å². The summed E-state index contributed by atoms with van der Waals surface area (Å²) in [7, 11) is 3.78. The highest BCUT2D eigenvalue weighted by Gasteiger charge is 2.08. The molecule has 1 aromatic heterocycles. The van der Waals surface area contributed by atoms with E-state index < -0.39 is 0 Å². The Balaban J connectivity index is 1.65. The Kier molecular flexibility index (Phi) is 5.51. The molecule has 0 fully saturated rings. The van der Waals surface area contributed by atoms with E-state index in [4.69, 9.17) is 21.3 Å². The monoisotopic (exact) mass is 358 g/mol. The van der Waals surface area contributed by atoms with Crippen molar-refractivity contribution >= 4 is 22.9 Å². The fraction of sp³-hybridized carbons (Fsp3) is 0.211. The standard InChI is InChI=1S/C19H19ClN2OS/c1-22(11-14-6-8-16(20)9-7-14)12-17-13-24-19(21-17)15-4-3-5-18(10-15)23-2/h3-10,13H,11-12H2,1-2H3. The third kappa shape index (κ3) is 4.35. The molecule has 0 aliphatic heterocycles. The molecule has 1 heterocycles. The van der Waals surface area contributed by atoms with Crippen LogP contribution in [0.3, 0.4) is 0 Å². The summed E-state index contributed by atoms with van der Waals surface area (Å²) in [5.41, 5.74) is 3.41. The molecule has 0 aliphatic carbocycles. The van der Waals surface area contributed by atoms with Gasteiger partial charge in [-0.2, -0.15) is 0 Å². The van der Waals surface area contributed by atoms with E-state index in [-0.39, 0.29) is 0 Å². The fourth-order valence-corrected chi connectivity index (χ4v) is 3.44. The average Bonchev–Trinajstić information content (AvgIpc) is 3.05. The Morgan fingerprint density at radius 1 is 1.12 bits per heavy atom. The molecule has 0 saturated heterocycles. The summed E-state index contributed by atoms with van der Waals surface area (Å²) in [6.45, 7) is 1.67. The van der Waals surface area contributed by atoms with Gasteiger partial charge in [-0.25, -0.2) is 4.98 Å². The lowest BCUT2D eigenvalue weighted by molar-refractivity contribution is 0.316. The van der Waals surface area contributed by atoms with Gasteiger partial charge < -0.3 is 4.74 Å².